The van der Waals surface area contributed by atoms with Crippen LogP contribution in [0.25, 0.3) is 0 Å². The summed E-state index contributed by atoms with van der Waals surface area (Å²) in [6, 6.07) is 17.6. The molecule has 4 N–H and O–H groups in total. The summed E-state index contributed by atoms with van der Waals surface area (Å²) in [5, 5.41) is 23.3. The van der Waals surface area contributed by atoms with Gasteiger partial charge in [0.25, 0.3) is 11.8 Å². The fraction of sp³-hybridized carbons (Fsp3) is 0.216. The van der Waals surface area contributed by atoms with Gasteiger partial charge < -0.3 is 30.6 Å². The van der Waals surface area contributed by atoms with Gasteiger partial charge in [-0.05, 0) is 99.2 Å². The molecule has 5 aromatic rings. The summed E-state index contributed by atoms with van der Waals surface area (Å²) in [6.45, 7) is 3.96. The number of pyridine rings is 4. The summed E-state index contributed by atoms with van der Waals surface area (Å²) in [7, 11) is 0. The molecule has 0 bridgehead atoms. The van der Waals surface area contributed by atoms with Crippen molar-refractivity contribution in [3.63, 3.8) is 0 Å². The summed E-state index contributed by atoms with van der Waals surface area (Å²) in [5.74, 6) is 1.49. The van der Waals surface area contributed by atoms with Gasteiger partial charge in [-0.15, -0.1) is 0 Å². The second-order valence-corrected chi connectivity index (χ2v) is 12.3. The molecule has 2 aliphatic heterocycles. The zero-order valence-electron chi connectivity index (χ0n) is 27.4. The van der Waals surface area contributed by atoms with Crippen LogP contribution in [0, 0.1) is 13.8 Å². The first kappa shape index (κ1) is 32.2. The van der Waals surface area contributed by atoms with Gasteiger partial charge in [0.05, 0.1) is 22.5 Å². The monoisotopic (exact) mass is 670 g/mol. The Kier molecular flexibility index (Phi) is 8.54. The molecule has 2 aliphatic carbocycles. The highest BCUT2D eigenvalue weighted by molar-refractivity contribution is 6.12. The van der Waals surface area contributed by atoms with Gasteiger partial charge in [-0.1, -0.05) is 12.1 Å². The van der Waals surface area contributed by atoms with Crippen molar-refractivity contribution in [1.29, 1.82) is 0 Å². The summed E-state index contributed by atoms with van der Waals surface area (Å²) >= 11 is 0. The van der Waals surface area contributed by atoms with Gasteiger partial charge in [-0.2, -0.15) is 0 Å². The predicted molar refractivity (Wildman–Crippen MR) is 188 cm³/mol. The summed E-state index contributed by atoms with van der Waals surface area (Å²) in [4.78, 5) is 57.1. The number of amides is 2. The number of nitrogens with zero attached hydrogens (tertiary/aromatic N) is 6. The molecule has 13 nitrogen and oxygen atoms in total. The average molecular weight is 671 g/mol. The van der Waals surface area contributed by atoms with Gasteiger partial charge in [0.2, 0.25) is 0 Å². The molecule has 2 amide bonds. The predicted octanol–water partition coefficient (Wildman–Crippen LogP) is 6.39. The molecule has 2 fully saturated rings. The van der Waals surface area contributed by atoms with E-state index >= 15 is 0 Å². The fourth-order valence-electron chi connectivity index (χ4n) is 5.87. The Morgan fingerprint density at radius 3 is 1.48 bits per heavy atom. The first-order valence-electron chi connectivity index (χ1n) is 16.3. The lowest BCUT2D eigenvalue weighted by Crippen LogP contribution is -2.22. The Bertz CT molecular complexity index is 2010. The minimum atomic E-state index is -1.11. The van der Waals surface area contributed by atoms with Crippen molar-refractivity contribution in [3.8, 4) is 5.75 Å². The van der Waals surface area contributed by atoms with E-state index in [1.165, 1.54) is 12.1 Å². The van der Waals surface area contributed by atoms with Crippen LogP contribution in [0.5, 0.6) is 5.75 Å². The van der Waals surface area contributed by atoms with Crippen molar-refractivity contribution < 1.29 is 24.6 Å². The third kappa shape index (κ3) is 6.28. The van der Waals surface area contributed by atoms with Gasteiger partial charge in [0.15, 0.2) is 11.6 Å². The van der Waals surface area contributed by atoms with Crippen molar-refractivity contribution in [2.24, 2.45) is 0 Å². The van der Waals surface area contributed by atoms with Crippen molar-refractivity contribution in [2.75, 3.05) is 20.4 Å². The maximum absolute atomic E-state index is 12.4. The molecule has 4 aliphatic rings. The molecule has 0 unspecified atom stereocenters. The van der Waals surface area contributed by atoms with Crippen molar-refractivity contribution in [2.45, 2.75) is 51.6 Å². The summed E-state index contributed by atoms with van der Waals surface area (Å²) < 4.78 is 0. The minimum Gasteiger partial charge on any atom is -0.507 e. The van der Waals surface area contributed by atoms with Gasteiger partial charge >= 0.3 is 5.97 Å². The molecule has 0 radical (unpaired) electrons. The highest BCUT2D eigenvalue weighted by Gasteiger charge is 2.39. The lowest BCUT2D eigenvalue weighted by molar-refractivity contribution is 0.0693. The number of carboxylic acid groups (broad SMARTS) is 1. The van der Waals surface area contributed by atoms with Crippen LogP contribution in [0.3, 0.4) is 0 Å². The van der Waals surface area contributed by atoms with Crippen LogP contribution in [0.15, 0.2) is 85.5 Å². The van der Waals surface area contributed by atoms with Crippen LogP contribution < -0.4 is 20.4 Å². The number of rotatable bonds is 3. The third-order valence-electron chi connectivity index (χ3n) is 8.69. The molecular formula is C37H34N8O5. The van der Waals surface area contributed by atoms with E-state index in [0.29, 0.717) is 34.8 Å². The summed E-state index contributed by atoms with van der Waals surface area (Å²) in [5.41, 5.74) is 4.77. The number of hydrogen-bond donors (Lipinski definition) is 4. The highest BCUT2D eigenvalue weighted by atomic mass is 16.4. The van der Waals surface area contributed by atoms with Crippen molar-refractivity contribution >= 4 is 52.4 Å². The minimum absolute atomic E-state index is 0.0671. The average Bonchev–Trinajstić information content (AvgIpc) is 4.03. The van der Waals surface area contributed by atoms with E-state index in [4.69, 9.17) is 10.2 Å². The number of benzene rings is 1. The second kappa shape index (κ2) is 13.3. The molecule has 6 heterocycles. The van der Waals surface area contributed by atoms with E-state index in [2.05, 4.69) is 40.4 Å². The maximum Gasteiger partial charge on any atom is 0.339 e. The largest absolute Gasteiger partial charge is 0.507 e. The van der Waals surface area contributed by atoms with Gasteiger partial charge in [-0.3, -0.25) is 9.59 Å². The standard InChI is InChI=1S/2C15H14N4O.C7H6O3/c2*1-9-6-8-17-14-12(9)18-15(20)11-3-2-7-16-13(11)19(14)10-4-5-10;8-6-4-2-1-3-5(6)7(9)10/h2*2-3,6-8,10H,4-5H2,1H3,(H,18,20);1-4,8H,(H,9,10). The van der Waals surface area contributed by atoms with Crippen LogP contribution in [0.4, 0.5) is 34.6 Å². The third-order valence-corrected chi connectivity index (χ3v) is 8.69. The van der Waals surface area contributed by atoms with Crippen LogP contribution in [-0.4, -0.2) is 60.0 Å². The van der Waals surface area contributed by atoms with E-state index in [0.717, 1.165) is 59.8 Å². The molecule has 0 atom stereocenters. The number of aromatic hydroxyl groups is 1. The summed E-state index contributed by atoms with van der Waals surface area (Å²) in [6.07, 6.45) is 11.5. The lowest BCUT2D eigenvalue weighted by atomic mass is 10.2. The highest BCUT2D eigenvalue weighted by Crippen LogP contribution is 2.45. The number of fused-ring (bicyclic) bond motifs is 4. The molecule has 9 rings (SSSR count). The topological polar surface area (TPSA) is 174 Å². The number of carbonyl (C=O) groups is 3. The molecule has 0 saturated heterocycles. The van der Waals surface area contributed by atoms with Gasteiger partial charge in [0, 0.05) is 36.9 Å². The fourth-order valence-corrected chi connectivity index (χ4v) is 5.87. The van der Waals surface area contributed by atoms with Crippen molar-refractivity contribution in [3.05, 3.63) is 113 Å². The molecule has 2 saturated carbocycles. The number of para-hydroxylation sites is 1. The number of aryl methyl sites for hydroxylation is 2. The number of aromatic nitrogens is 4. The Labute approximate surface area is 287 Å². The smallest absolute Gasteiger partial charge is 0.339 e. The normalized spacial score (nSPS) is 15.5. The number of phenols is 1. The molecular weight excluding hydrogens is 636 g/mol. The number of carbonyl (C=O) groups excluding carboxylic acids is 2. The van der Waals surface area contributed by atoms with Crippen LogP contribution >= 0.6 is 0 Å². The zero-order valence-corrected chi connectivity index (χ0v) is 27.4. The molecule has 1 aromatic carbocycles. The number of hydrogen-bond acceptors (Lipinski definition) is 10. The molecule has 252 valence electrons. The molecule has 4 aromatic heterocycles. The van der Waals surface area contributed by atoms with E-state index in [1.807, 2.05) is 38.1 Å². The quantitative estimate of drug-likeness (QED) is 0.167. The molecule has 0 spiro atoms. The van der Waals surface area contributed by atoms with Crippen LogP contribution in [0.1, 0.15) is 67.9 Å². The zero-order chi connectivity index (χ0) is 34.9. The Hall–Kier alpha value is -6.37. The number of nitrogens with one attached hydrogen (secondary N) is 2. The maximum atomic E-state index is 12.4. The first-order chi connectivity index (χ1) is 24.2. The Balaban J connectivity index is 0.000000125. The molecule has 13 heteroatoms. The van der Waals surface area contributed by atoms with Crippen LogP contribution in [0.2, 0.25) is 0 Å². The van der Waals surface area contributed by atoms with E-state index in [1.54, 1.807) is 49.1 Å². The molecule has 50 heavy (non-hydrogen) atoms. The van der Waals surface area contributed by atoms with Crippen LogP contribution in [-0.2, 0) is 0 Å². The lowest BCUT2D eigenvalue weighted by Gasteiger charge is -2.23. The SMILES string of the molecule is Cc1ccnc2c1NC(=O)c1cccnc1N2C1CC1.Cc1ccnc2c1NC(=O)c1cccnc1N2C1CC1.O=C(O)c1ccccc1O. The van der Waals surface area contributed by atoms with E-state index in [9.17, 15) is 14.4 Å². The second-order valence-electron chi connectivity index (χ2n) is 12.3. The number of anilines is 6. The Morgan fingerprint density at radius 1 is 0.640 bits per heavy atom. The van der Waals surface area contributed by atoms with E-state index in [-0.39, 0.29) is 23.1 Å². The van der Waals surface area contributed by atoms with Gasteiger partial charge in [-0.25, -0.2) is 24.7 Å². The Morgan fingerprint density at radius 2 is 1.08 bits per heavy atom. The van der Waals surface area contributed by atoms with Crippen molar-refractivity contribution in [1.82, 2.24) is 19.9 Å². The van der Waals surface area contributed by atoms with Gasteiger partial charge in [0.1, 0.15) is 22.9 Å². The van der Waals surface area contributed by atoms with E-state index < -0.39 is 5.97 Å². The number of aromatic carboxylic acids is 1. The number of carboxylic acids is 1. The first-order valence-corrected chi connectivity index (χ1v) is 16.3.